The number of halogens is 1. The van der Waals surface area contributed by atoms with Crippen molar-refractivity contribution < 1.29 is 14.1 Å². The van der Waals surface area contributed by atoms with Crippen LogP contribution in [0.2, 0.25) is 0 Å². The predicted molar refractivity (Wildman–Crippen MR) is 94.6 cm³/mol. The highest BCUT2D eigenvalue weighted by molar-refractivity contribution is 5.95. The molecular weight excluding hydrogens is 355 g/mol. The van der Waals surface area contributed by atoms with Crippen molar-refractivity contribution in [2.75, 3.05) is 5.32 Å². The summed E-state index contributed by atoms with van der Waals surface area (Å²) in [5.74, 6) is -0.453. The first-order valence-electron chi connectivity index (χ1n) is 8.04. The highest BCUT2D eigenvalue weighted by atomic mass is 19.1. The Labute approximate surface area is 153 Å². The number of nitrogens with zero attached hydrogens (tertiary/aromatic N) is 5. The minimum absolute atomic E-state index is 0.199. The minimum Gasteiger partial charge on any atom is -0.307 e. The number of carbonyl (C=O) groups excluding carboxylic acids is 1. The van der Waals surface area contributed by atoms with E-state index in [-0.39, 0.29) is 11.5 Å². The van der Waals surface area contributed by atoms with Gasteiger partial charge in [0, 0.05) is 12.3 Å². The number of aromatic nitrogens is 4. The Hall–Kier alpha value is -3.56. The molecule has 0 atom stereocenters. The molecule has 0 fully saturated rings. The van der Waals surface area contributed by atoms with Crippen LogP contribution in [-0.4, -0.2) is 30.4 Å². The van der Waals surface area contributed by atoms with E-state index in [0.29, 0.717) is 12.4 Å². The van der Waals surface area contributed by atoms with Gasteiger partial charge in [-0.3, -0.25) is 24.3 Å². The summed E-state index contributed by atoms with van der Waals surface area (Å²) in [5, 5.41) is 21.6. The van der Waals surface area contributed by atoms with Crippen molar-refractivity contribution in [3.05, 3.63) is 70.4 Å². The van der Waals surface area contributed by atoms with Gasteiger partial charge in [0.25, 0.3) is 5.91 Å². The van der Waals surface area contributed by atoms with Crippen LogP contribution in [0.5, 0.6) is 0 Å². The highest BCUT2D eigenvalue weighted by Gasteiger charge is 2.32. The van der Waals surface area contributed by atoms with Gasteiger partial charge in [-0.05, 0) is 31.5 Å². The van der Waals surface area contributed by atoms with Crippen LogP contribution in [0.15, 0.2) is 48.9 Å². The molecule has 0 aliphatic rings. The van der Waals surface area contributed by atoms with Crippen molar-refractivity contribution in [1.29, 1.82) is 0 Å². The van der Waals surface area contributed by atoms with Crippen LogP contribution in [0.4, 0.5) is 15.9 Å². The van der Waals surface area contributed by atoms with E-state index in [1.54, 1.807) is 42.9 Å². The molecule has 3 aromatic rings. The number of rotatable bonds is 6. The van der Waals surface area contributed by atoms with Crippen LogP contribution < -0.4 is 5.32 Å². The molecule has 27 heavy (non-hydrogen) atoms. The first-order valence-corrected chi connectivity index (χ1v) is 8.04. The minimum atomic E-state index is -1.17. The molecule has 9 nitrogen and oxygen atoms in total. The van der Waals surface area contributed by atoms with Crippen LogP contribution in [-0.2, 0) is 16.9 Å². The summed E-state index contributed by atoms with van der Waals surface area (Å²) in [7, 11) is 0. The molecule has 2 heterocycles. The summed E-state index contributed by atoms with van der Waals surface area (Å²) >= 11 is 0. The van der Waals surface area contributed by atoms with Crippen molar-refractivity contribution in [2.24, 2.45) is 0 Å². The number of hydrogen-bond donors (Lipinski definition) is 1. The fourth-order valence-electron chi connectivity index (χ4n) is 2.43. The number of benzene rings is 1. The average molecular weight is 372 g/mol. The first kappa shape index (κ1) is 18.2. The van der Waals surface area contributed by atoms with Crippen molar-refractivity contribution >= 4 is 17.4 Å². The number of hydrogen-bond acceptors (Lipinski definition) is 5. The Kier molecular flexibility index (Phi) is 4.72. The lowest BCUT2D eigenvalue weighted by Crippen LogP contribution is -2.40. The Balaban J connectivity index is 1.70. The second kappa shape index (κ2) is 6.98. The molecule has 0 saturated heterocycles. The van der Waals surface area contributed by atoms with E-state index in [0.717, 1.165) is 11.8 Å². The zero-order valence-electron chi connectivity index (χ0n) is 14.7. The molecular formula is C17H17FN6O3. The molecule has 1 aromatic carbocycles. The van der Waals surface area contributed by atoms with Crippen LogP contribution in [0.1, 0.15) is 19.4 Å². The van der Waals surface area contributed by atoms with E-state index in [4.69, 9.17) is 0 Å². The molecule has 0 radical (unpaired) electrons. The molecule has 0 bridgehead atoms. The zero-order chi connectivity index (χ0) is 19.6. The van der Waals surface area contributed by atoms with Crippen molar-refractivity contribution in [1.82, 2.24) is 19.6 Å². The molecule has 0 unspecified atom stereocenters. The van der Waals surface area contributed by atoms with Crippen LogP contribution in [0.3, 0.4) is 0 Å². The van der Waals surface area contributed by atoms with Crippen molar-refractivity contribution in [3.8, 4) is 0 Å². The van der Waals surface area contributed by atoms with Crippen molar-refractivity contribution in [3.63, 3.8) is 0 Å². The second-order valence-corrected chi connectivity index (χ2v) is 6.44. The van der Waals surface area contributed by atoms with Crippen LogP contribution in [0, 0.1) is 15.9 Å². The number of nitro groups is 1. The summed E-state index contributed by atoms with van der Waals surface area (Å²) in [6, 6.07) is 7.77. The normalized spacial score (nSPS) is 11.4. The van der Waals surface area contributed by atoms with Crippen LogP contribution in [0.25, 0.3) is 0 Å². The van der Waals surface area contributed by atoms with Gasteiger partial charge in [-0.2, -0.15) is 10.2 Å². The van der Waals surface area contributed by atoms with Gasteiger partial charge in [0.2, 0.25) is 0 Å². The summed E-state index contributed by atoms with van der Waals surface area (Å²) in [5.41, 5.74) is -0.629. The Morgan fingerprint density at radius 2 is 2.15 bits per heavy atom. The van der Waals surface area contributed by atoms with E-state index in [1.807, 2.05) is 0 Å². The lowest BCUT2D eigenvalue weighted by atomic mass is 10.1. The first-order chi connectivity index (χ1) is 12.8. The average Bonchev–Trinajstić information content (AvgIpc) is 3.25. The zero-order valence-corrected chi connectivity index (χ0v) is 14.7. The molecule has 3 rings (SSSR count). The summed E-state index contributed by atoms with van der Waals surface area (Å²) < 4.78 is 16.0. The smallest absolute Gasteiger partial charge is 0.307 e. The molecule has 0 spiro atoms. The third-order valence-corrected chi connectivity index (χ3v) is 4.02. The van der Waals surface area contributed by atoms with Gasteiger partial charge in [0.05, 0.1) is 11.5 Å². The fourth-order valence-corrected chi connectivity index (χ4v) is 2.43. The molecule has 2 aromatic heterocycles. The quantitative estimate of drug-likeness (QED) is 0.528. The van der Waals surface area contributed by atoms with Crippen molar-refractivity contribution in [2.45, 2.75) is 25.9 Å². The van der Waals surface area contributed by atoms with E-state index in [1.165, 1.54) is 23.0 Å². The fraction of sp³-hybridized carbons (Fsp3) is 0.235. The van der Waals surface area contributed by atoms with Gasteiger partial charge < -0.3 is 5.32 Å². The maximum Gasteiger partial charge on any atom is 0.307 e. The van der Waals surface area contributed by atoms with Crippen LogP contribution >= 0.6 is 0 Å². The molecule has 140 valence electrons. The molecule has 0 saturated carbocycles. The van der Waals surface area contributed by atoms with Gasteiger partial charge in [-0.1, -0.05) is 12.1 Å². The molecule has 1 amide bonds. The summed E-state index contributed by atoms with van der Waals surface area (Å²) in [6.07, 6.45) is 3.94. The van der Waals surface area contributed by atoms with Gasteiger partial charge >= 0.3 is 5.69 Å². The van der Waals surface area contributed by atoms with E-state index in [2.05, 4.69) is 15.5 Å². The van der Waals surface area contributed by atoms with Gasteiger partial charge in [-0.25, -0.2) is 4.39 Å². The van der Waals surface area contributed by atoms with Gasteiger partial charge in [0.1, 0.15) is 23.7 Å². The largest absolute Gasteiger partial charge is 0.307 e. The number of anilines is 1. The number of carbonyl (C=O) groups is 1. The molecule has 10 heteroatoms. The Bertz CT molecular complexity index is 994. The molecule has 0 aliphatic carbocycles. The molecule has 0 aliphatic heterocycles. The summed E-state index contributed by atoms with van der Waals surface area (Å²) in [4.78, 5) is 22.8. The maximum atomic E-state index is 13.3. The second-order valence-electron chi connectivity index (χ2n) is 6.44. The third kappa shape index (κ3) is 4.00. The Morgan fingerprint density at radius 3 is 2.81 bits per heavy atom. The van der Waals surface area contributed by atoms with E-state index in [9.17, 15) is 19.3 Å². The highest BCUT2D eigenvalue weighted by Crippen LogP contribution is 2.20. The van der Waals surface area contributed by atoms with Gasteiger partial charge in [0.15, 0.2) is 5.82 Å². The standard InChI is InChI=1S/C17H17FN6O3/c1-17(2,23-11-14(9-19-23)24(26)27)16(25)20-15-6-7-22(21-15)10-12-4-3-5-13(18)8-12/h3-9,11H,10H2,1-2H3,(H,20,21,25). The lowest BCUT2D eigenvalue weighted by Gasteiger charge is -2.23. The third-order valence-electron chi connectivity index (χ3n) is 4.02. The predicted octanol–water partition coefficient (Wildman–Crippen LogP) is 2.55. The maximum absolute atomic E-state index is 13.3. The van der Waals surface area contributed by atoms with Gasteiger partial charge in [-0.15, -0.1) is 0 Å². The number of amides is 1. The SMILES string of the molecule is CC(C)(C(=O)Nc1ccn(Cc2cccc(F)c2)n1)n1cc([N+](=O)[O-])cn1. The topological polar surface area (TPSA) is 108 Å². The van der Waals surface area contributed by atoms with E-state index < -0.39 is 16.4 Å². The lowest BCUT2D eigenvalue weighted by molar-refractivity contribution is -0.385. The Morgan fingerprint density at radius 1 is 1.37 bits per heavy atom. The monoisotopic (exact) mass is 372 g/mol. The summed E-state index contributed by atoms with van der Waals surface area (Å²) in [6.45, 7) is 3.52. The van der Waals surface area contributed by atoms with E-state index >= 15 is 0 Å². The number of nitrogens with one attached hydrogen (secondary N) is 1. The molecule has 1 N–H and O–H groups in total.